The SMILES string of the molecule is CC1(C)CCCC(NC2CCCOc3cc(Br)ccc32)C1. The van der Waals surface area contributed by atoms with Gasteiger partial charge < -0.3 is 10.1 Å². The van der Waals surface area contributed by atoms with Crippen molar-refractivity contribution in [2.24, 2.45) is 5.41 Å². The maximum atomic E-state index is 5.92. The van der Waals surface area contributed by atoms with Crippen molar-refractivity contribution in [2.45, 2.75) is 64.5 Å². The molecule has 0 spiro atoms. The van der Waals surface area contributed by atoms with Crippen LogP contribution in [0.3, 0.4) is 0 Å². The lowest BCUT2D eigenvalue weighted by Crippen LogP contribution is -2.39. The molecule has 1 aromatic carbocycles. The number of fused-ring (bicyclic) bond motifs is 1. The van der Waals surface area contributed by atoms with Crippen molar-refractivity contribution in [3.8, 4) is 5.75 Å². The Morgan fingerprint density at radius 2 is 2.10 bits per heavy atom. The summed E-state index contributed by atoms with van der Waals surface area (Å²) in [5, 5.41) is 3.93. The summed E-state index contributed by atoms with van der Waals surface area (Å²) >= 11 is 3.55. The van der Waals surface area contributed by atoms with Gasteiger partial charge in [-0.25, -0.2) is 0 Å². The molecule has 116 valence electrons. The number of hydrogen-bond donors (Lipinski definition) is 1. The summed E-state index contributed by atoms with van der Waals surface area (Å²) in [6, 6.07) is 7.55. The molecule has 3 rings (SSSR count). The van der Waals surface area contributed by atoms with E-state index in [1.165, 1.54) is 37.7 Å². The largest absolute Gasteiger partial charge is 0.493 e. The van der Waals surface area contributed by atoms with E-state index in [1.54, 1.807) is 0 Å². The normalized spacial score (nSPS) is 28.3. The highest BCUT2D eigenvalue weighted by atomic mass is 79.9. The molecule has 0 radical (unpaired) electrons. The van der Waals surface area contributed by atoms with Crippen molar-refractivity contribution in [1.29, 1.82) is 0 Å². The molecular formula is C18H26BrNO. The van der Waals surface area contributed by atoms with E-state index in [0.29, 0.717) is 17.5 Å². The van der Waals surface area contributed by atoms with Crippen molar-refractivity contribution in [1.82, 2.24) is 5.32 Å². The van der Waals surface area contributed by atoms with E-state index in [9.17, 15) is 0 Å². The molecular weight excluding hydrogens is 326 g/mol. The molecule has 3 heteroatoms. The van der Waals surface area contributed by atoms with E-state index in [1.807, 2.05) is 0 Å². The predicted molar refractivity (Wildman–Crippen MR) is 90.8 cm³/mol. The second-order valence-corrected chi connectivity index (χ2v) is 8.27. The Morgan fingerprint density at radius 3 is 2.90 bits per heavy atom. The third-order valence-corrected chi connectivity index (χ3v) is 5.38. The van der Waals surface area contributed by atoms with Gasteiger partial charge in [0.25, 0.3) is 0 Å². The third kappa shape index (κ3) is 3.81. The third-order valence-electron chi connectivity index (χ3n) is 4.89. The monoisotopic (exact) mass is 351 g/mol. The molecule has 21 heavy (non-hydrogen) atoms. The van der Waals surface area contributed by atoms with Crippen LogP contribution in [0.2, 0.25) is 0 Å². The molecule has 0 aromatic heterocycles. The van der Waals surface area contributed by atoms with Crippen molar-refractivity contribution >= 4 is 15.9 Å². The quantitative estimate of drug-likeness (QED) is 0.788. The van der Waals surface area contributed by atoms with Gasteiger partial charge in [-0.1, -0.05) is 42.3 Å². The molecule has 1 N–H and O–H groups in total. The van der Waals surface area contributed by atoms with E-state index in [2.05, 4.69) is 53.3 Å². The van der Waals surface area contributed by atoms with Crippen LogP contribution in [0.15, 0.2) is 22.7 Å². The zero-order valence-electron chi connectivity index (χ0n) is 13.1. The molecule has 1 heterocycles. The Labute approximate surface area is 136 Å². The van der Waals surface area contributed by atoms with E-state index >= 15 is 0 Å². The molecule has 1 aliphatic carbocycles. The Morgan fingerprint density at radius 1 is 1.24 bits per heavy atom. The zero-order chi connectivity index (χ0) is 14.9. The van der Waals surface area contributed by atoms with Crippen LogP contribution in [-0.4, -0.2) is 12.6 Å². The second kappa shape index (κ2) is 6.29. The standard InChI is InChI=1S/C18H26BrNO/c1-18(2)9-3-5-14(12-18)20-16-6-4-10-21-17-11-13(19)7-8-15(16)17/h7-8,11,14,16,20H,3-6,9-10,12H2,1-2H3. The Hall–Kier alpha value is -0.540. The first-order valence-electron chi connectivity index (χ1n) is 8.22. The summed E-state index contributed by atoms with van der Waals surface area (Å²) in [5.74, 6) is 1.05. The maximum absolute atomic E-state index is 5.92. The predicted octanol–water partition coefficient (Wildman–Crippen LogP) is 5.22. The van der Waals surface area contributed by atoms with E-state index in [0.717, 1.165) is 23.2 Å². The van der Waals surface area contributed by atoms with Crippen LogP contribution < -0.4 is 10.1 Å². The lowest BCUT2D eigenvalue weighted by molar-refractivity contribution is 0.187. The summed E-state index contributed by atoms with van der Waals surface area (Å²) in [7, 11) is 0. The summed E-state index contributed by atoms with van der Waals surface area (Å²) in [6.07, 6.45) is 7.61. The number of hydrogen-bond acceptors (Lipinski definition) is 2. The van der Waals surface area contributed by atoms with Gasteiger partial charge in [0.05, 0.1) is 6.61 Å². The van der Waals surface area contributed by atoms with Crippen LogP contribution in [-0.2, 0) is 0 Å². The first kappa shape index (κ1) is 15.4. The van der Waals surface area contributed by atoms with Crippen LogP contribution in [0.1, 0.15) is 64.0 Å². The number of nitrogens with one attached hydrogen (secondary N) is 1. The van der Waals surface area contributed by atoms with Crippen LogP contribution in [0, 0.1) is 5.41 Å². The van der Waals surface area contributed by atoms with Gasteiger partial charge in [0.1, 0.15) is 5.75 Å². The minimum atomic E-state index is 0.439. The fourth-order valence-corrected chi connectivity index (χ4v) is 4.18. The molecule has 0 saturated heterocycles. The van der Waals surface area contributed by atoms with Crippen molar-refractivity contribution < 1.29 is 4.74 Å². The first-order chi connectivity index (χ1) is 10.0. The van der Waals surface area contributed by atoms with Gasteiger partial charge in [0, 0.05) is 22.1 Å². The minimum Gasteiger partial charge on any atom is -0.493 e. The average molecular weight is 352 g/mol. The summed E-state index contributed by atoms with van der Waals surface area (Å²) in [6.45, 7) is 5.64. The Balaban J connectivity index is 1.76. The van der Waals surface area contributed by atoms with E-state index < -0.39 is 0 Å². The summed E-state index contributed by atoms with van der Waals surface area (Å²) < 4.78 is 7.02. The molecule has 1 aromatic rings. The topological polar surface area (TPSA) is 21.3 Å². The van der Waals surface area contributed by atoms with Gasteiger partial charge in [-0.2, -0.15) is 0 Å². The van der Waals surface area contributed by atoms with Gasteiger partial charge in [0.2, 0.25) is 0 Å². The average Bonchev–Trinajstić information content (AvgIpc) is 2.60. The van der Waals surface area contributed by atoms with Crippen molar-refractivity contribution in [2.75, 3.05) is 6.61 Å². The van der Waals surface area contributed by atoms with Gasteiger partial charge in [-0.15, -0.1) is 0 Å². The van der Waals surface area contributed by atoms with Crippen LogP contribution in [0.25, 0.3) is 0 Å². The first-order valence-corrected chi connectivity index (χ1v) is 9.01. The molecule has 1 saturated carbocycles. The lowest BCUT2D eigenvalue weighted by Gasteiger charge is -2.37. The number of benzene rings is 1. The van der Waals surface area contributed by atoms with E-state index in [4.69, 9.17) is 4.74 Å². The summed E-state index contributed by atoms with van der Waals surface area (Å²) in [4.78, 5) is 0. The smallest absolute Gasteiger partial charge is 0.125 e. The molecule has 1 fully saturated rings. The maximum Gasteiger partial charge on any atom is 0.125 e. The van der Waals surface area contributed by atoms with E-state index in [-0.39, 0.29) is 0 Å². The number of halogens is 1. The van der Waals surface area contributed by atoms with Gasteiger partial charge in [-0.05, 0) is 49.7 Å². The fourth-order valence-electron chi connectivity index (χ4n) is 3.84. The number of ether oxygens (including phenoxy) is 1. The molecule has 1 aliphatic heterocycles. The lowest BCUT2D eigenvalue weighted by atomic mass is 9.75. The zero-order valence-corrected chi connectivity index (χ0v) is 14.7. The van der Waals surface area contributed by atoms with Gasteiger partial charge >= 0.3 is 0 Å². The van der Waals surface area contributed by atoms with Crippen LogP contribution >= 0.6 is 15.9 Å². The van der Waals surface area contributed by atoms with Crippen LogP contribution in [0.4, 0.5) is 0 Å². The van der Waals surface area contributed by atoms with Crippen molar-refractivity contribution in [3.63, 3.8) is 0 Å². The molecule has 2 atom stereocenters. The molecule has 0 bridgehead atoms. The van der Waals surface area contributed by atoms with Gasteiger partial charge in [0.15, 0.2) is 0 Å². The highest BCUT2D eigenvalue weighted by molar-refractivity contribution is 9.10. The minimum absolute atomic E-state index is 0.439. The highest BCUT2D eigenvalue weighted by Crippen LogP contribution is 2.38. The highest BCUT2D eigenvalue weighted by Gasteiger charge is 2.30. The number of rotatable bonds is 2. The molecule has 2 aliphatic rings. The molecule has 2 nitrogen and oxygen atoms in total. The molecule has 0 amide bonds. The fraction of sp³-hybridized carbons (Fsp3) is 0.667. The Kier molecular flexibility index (Phi) is 4.60. The van der Waals surface area contributed by atoms with Crippen LogP contribution in [0.5, 0.6) is 5.75 Å². The second-order valence-electron chi connectivity index (χ2n) is 7.35. The summed E-state index contributed by atoms with van der Waals surface area (Å²) in [5.41, 5.74) is 1.82. The molecule has 2 unspecified atom stereocenters. The van der Waals surface area contributed by atoms with Gasteiger partial charge in [-0.3, -0.25) is 0 Å². The van der Waals surface area contributed by atoms with Crippen molar-refractivity contribution in [3.05, 3.63) is 28.2 Å². The Bertz CT molecular complexity index is 500.